The molecule has 0 saturated heterocycles. The smallest absolute Gasteiger partial charge is 0.299 e. The topological polar surface area (TPSA) is 34.9 Å². The average Bonchev–Trinajstić information content (AvgIpc) is 2.49. The Morgan fingerprint density at radius 1 is 1.36 bits per heavy atom. The largest absolute Gasteiger partial charge is 0.435 e. The summed E-state index contributed by atoms with van der Waals surface area (Å²) in [5.41, 5.74) is -0.479. The molecule has 0 amide bonds. The van der Waals surface area contributed by atoms with E-state index in [-0.39, 0.29) is 24.2 Å². The van der Waals surface area contributed by atoms with E-state index >= 15 is 0 Å². The molecule has 6 heteroatoms. The van der Waals surface area contributed by atoms with Crippen LogP contribution in [-0.4, -0.2) is 15.6 Å². The van der Waals surface area contributed by atoms with Crippen LogP contribution in [-0.2, 0) is 30.9 Å². The number of hydrogen-bond donors (Lipinski definition) is 0. The van der Waals surface area contributed by atoms with E-state index in [1.807, 2.05) is 0 Å². The van der Waals surface area contributed by atoms with Crippen molar-refractivity contribution in [3.05, 3.63) is 17.0 Å². The molecule has 0 N–H and O–H groups in total. The van der Waals surface area contributed by atoms with Gasteiger partial charge < -0.3 is 0 Å². The Hall–Kier alpha value is -1.33. The minimum atomic E-state index is -4.46. The van der Waals surface area contributed by atoms with Gasteiger partial charge in [-0.2, -0.15) is 18.3 Å². The Morgan fingerprint density at radius 3 is 2.57 bits per heavy atom. The molecule has 2 rings (SSSR count). The van der Waals surface area contributed by atoms with Crippen LogP contribution in [0.15, 0.2) is 0 Å². The number of carbonyl (C=O) groups is 1. The van der Waals surface area contributed by atoms with Crippen molar-refractivity contribution in [2.45, 2.75) is 19.0 Å². The second-order valence-corrected chi connectivity index (χ2v) is 3.29. The van der Waals surface area contributed by atoms with Gasteiger partial charge in [0.05, 0.1) is 0 Å². The van der Waals surface area contributed by atoms with Gasteiger partial charge in [0.15, 0.2) is 5.69 Å². The standard InChI is InChI=1S/C8H7F3N2O/c1-13-6-3-4(14)2-5(6)7(12-13)8(9,10)11/h2-3H2,1H3. The zero-order chi connectivity index (χ0) is 10.5. The van der Waals surface area contributed by atoms with Crippen LogP contribution in [0.25, 0.3) is 0 Å². The number of aryl methyl sites for hydroxylation is 1. The van der Waals surface area contributed by atoms with Crippen molar-refractivity contribution in [2.75, 3.05) is 0 Å². The van der Waals surface area contributed by atoms with Crippen LogP contribution in [0, 0.1) is 0 Å². The number of ketones is 1. The van der Waals surface area contributed by atoms with Gasteiger partial charge in [0.1, 0.15) is 5.78 Å². The molecule has 1 aliphatic carbocycles. The third-order valence-electron chi connectivity index (χ3n) is 2.28. The van der Waals surface area contributed by atoms with E-state index in [1.54, 1.807) is 0 Å². The summed E-state index contributed by atoms with van der Waals surface area (Å²) in [6, 6.07) is 0. The fourth-order valence-electron chi connectivity index (χ4n) is 1.68. The fraction of sp³-hybridized carbons (Fsp3) is 0.500. The van der Waals surface area contributed by atoms with E-state index in [0.29, 0.717) is 5.69 Å². The Kier molecular flexibility index (Phi) is 1.71. The first-order chi connectivity index (χ1) is 6.39. The molecule has 3 nitrogen and oxygen atoms in total. The Balaban J connectivity index is 2.56. The lowest BCUT2D eigenvalue weighted by Gasteiger charge is -2.02. The van der Waals surface area contributed by atoms with Gasteiger partial charge in [-0.1, -0.05) is 0 Å². The van der Waals surface area contributed by atoms with Crippen molar-refractivity contribution < 1.29 is 18.0 Å². The van der Waals surface area contributed by atoms with E-state index < -0.39 is 11.9 Å². The average molecular weight is 204 g/mol. The Bertz CT molecular complexity index is 405. The number of halogens is 3. The Morgan fingerprint density at radius 2 is 2.00 bits per heavy atom. The molecule has 0 aliphatic heterocycles. The van der Waals surface area contributed by atoms with Crippen molar-refractivity contribution in [1.82, 2.24) is 9.78 Å². The SMILES string of the molecule is Cn1nc(C(F)(F)F)c2c1CC(=O)C2. The molecule has 1 aromatic rings. The van der Waals surface area contributed by atoms with Crippen LogP contribution < -0.4 is 0 Å². The number of alkyl halides is 3. The molecule has 0 fully saturated rings. The number of hydrogen-bond acceptors (Lipinski definition) is 2. The molecule has 0 spiro atoms. The lowest BCUT2D eigenvalue weighted by atomic mass is 10.2. The van der Waals surface area contributed by atoms with Gasteiger partial charge in [-0.15, -0.1) is 0 Å². The van der Waals surface area contributed by atoms with Crippen molar-refractivity contribution in [1.29, 1.82) is 0 Å². The number of aromatic nitrogens is 2. The van der Waals surface area contributed by atoms with Gasteiger partial charge in [-0.25, -0.2) is 0 Å². The van der Waals surface area contributed by atoms with E-state index in [9.17, 15) is 18.0 Å². The summed E-state index contributed by atoms with van der Waals surface area (Å²) in [6.45, 7) is 0. The molecule has 1 aliphatic rings. The predicted molar refractivity (Wildman–Crippen MR) is 40.6 cm³/mol. The molecule has 0 saturated carbocycles. The van der Waals surface area contributed by atoms with E-state index in [4.69, 9.17) is 0 Å². The first-order valence-corrected chi connectivity index (χ1v) is 4.03. The lowest BCUT2D eigenvalue weighted by Crippen LogP contribution is -2.11. The normalized spacial score (nSPS) is 16.1. The van der Waals surface area contributed by atoms with Crippen molar-refractivity contribution >= 4 is 5.78 Å². The molecule has 0 unspecified atom stereocenters. The summed E-state index contributed by atoms with van der Waals surface area (Å²) in [4.78, 5) is 11.0. The van der Waals surface area contributed by atoms with Gasteiger partial charge in [-0.05, 0) is 0 Å². The first-order valence-electron chi connectivity index (χ1n) is 4.03. The van der Waals surface area contributed by atoms with Crippen molar-refractivity contribution in [3.63, 3.8) is 0 Å². The summed E-state index contributed by atoms with van der Waals surface area (Å²) in [5.74, 6) is -0.182. The highest BCUT2D eigenvalue weighted by Crippen LogP contribution is 2.35. The molecule has 76 valence electrons. The van der Waals surface area contributed by atoms with Crippen LogP contribution in [0.3, 0.4) is 0 Å². The predicted octanol–water partition coefficient (Wildman–Crippen LogP) is 1.11. The van der Waals surface area contributed by atoms with E-state index in [2.05, 4.69) is 5.10 Å². The minimum absolute atomic E-state index is 0.0463. The lowest BCUT2D eigenvalue weighted by molar-refractivity contribution is -0.142. The molecule has 1 heterocycles. The summed E-state index contributed by atoms with van der Waals surface area (Å²) >= 11 is 0. The van der Waals surface area contributed by atoms with Crippen molar-refractivity contribution in [2.24, 2.45) is 7.05 Å². The molecular weight excluding hydrogens is 197 g/mol. The van der Waals surface area contributed by atoms with Gasteiger partial charge in [0.2, 0.25) is 0 Å². The maximum atomic E-state index is 12.4. The maximum Gasteiger partial charge on any atom is 0.435 e. The van der Waals surface area contributed by atoms with E-state index in [1.165, 1.54) is 7.05 Å². The second kappa shape index (κ2) is 2.59. The summed E-state index contributed by atoms with van der Waals surface area (Å²) < 4.78 is 38.3. The first kappa shape index (κ1) is 9.23. The molecule has 0 aromatic carbocycles. The van der Waals surface area contributed by atoms with Gasteiger partial charge in [-0.3, -0.25) is 9.48 Å². The molecule has 1 aromatic heterocycles. The summed E-state index contributed by atoms with van der Waals surface area (Å²) in [5, 5.41) is 3.38. The molecular formula is C8H7F3N2O. The molecule has 0 atom stereocenters. The minimum Gasteiger partial charge on any atom is -0.299 e. The quantitative estimate of drug-likeness (QED) is 0.634. The van der Waals surface area contributed by atoms with Crippen LogP contribution in [0.2, 0.25) is 0 Å². The number of fused-ring (bicyclic) bond motifs is 1. The van der Waals surface area contributed by atoms with Crippen molar-refractivity contribution in [3.8, 4) is 0 Å². The van der Waals surface area contributed by atoms with Crippen LogP contribution >= 0.6 is 0 Å². The monoisotopic (exact) mass is 204 g/mol. The summed E-state index contributed by atoms with van der Waals surface area (Å²) in [7, 11) is 1.42. The molecule has 14 heavy (non-hydrogen) atoms. The van der Waals surface area contributed by atoms with Crippen LogP contribution in [0.4, 0.5) is 13.2 Å². The number of nitrogens with zero attached hydrogens (tertiary/aromatic N) is 2. The molecule has 0 radical (unpaired) electrons. The molecule has 0 bridgehead atoms. The van der Waals surface area contributed by atoms with Gasteiger partial charge in [0.25, 0.3) is 0 Å². The maximum absolute atomic E-state index is 12.4. The second-order valence-electron chi connectivity index (χ2n) is 3.29. The van der Waals surface area contributed by atoms with Gasteiger partial charge >= 0.3 is 6.18 Å². The number of rotatable bonds is 0. The fourth-order valence-corrected chi connectivity index (χ4v) is 1.68. The van der Waals surface area contributed by atoms with Crippen LogP contribution in [0.5, 0.6) is 0 Å². The third-order valence-corrected chi connectivity index (χ3v) is 2.28. The van der Waals surface area contributed by atoms with Crippen LogP contribution in [0.1, 0.15) is 17.0 Å². The highest BCUT2D eigenvalue weighted by molar-refractivity contribution is 5.87. The van der Waals surface area contributed by atoms with E-state index in [0.717, 1.165) is 4.68 Å². The zero-order valence-electron chi connectivity index (χ0n) is 7.35. The van der Waals surface area contributed by atoms with Gasteiger partial charge in [0, 0.05) is 31.1 Å². The number of Topliss-reactive ketones (excluding diaryl/α,β-unsaturated/α-hetero) is 1. The Labute approximate surface area is 77.5 Å². The summed E-state index contributed by atoms with van der Waals surface area (Å²) in [6.07, 6.45) is -4.54. The zero-order valence-corrected chi connectivity index (χ0v) is 7.35. The highest BCUT2D eigenvalue weighted by Gasteiger charge is 2.41. The number of carbonyl (C=O) groups excluding carboxylic acids is 1. The third kappa shape index (κ3) is 1.21. The highest BCUT2D eigenvalue weighted by atomic mass is 19.4.